The molecule has 3 aliphatic rings. The summed E-state index contributed by atoms with van der Waals surface area (Å²) in [6.45, 7) is 4.39. The van der Waals surface area contributed by atoms with Crippen molar-refractivity contribution in [2.24, 2.45) is 28.7 Å². The van der Waals surface area contributed by atoms with Crippen molar-refractivity contribution in [3.63, 3.8) is 0 Å². The molecule has 0 radical (unpaired) electrons. The molecule has 2 heterocycles. The number of imide groups is 1. The minimum absolute atomic E-state index is 0.0280. The van der Waals surface area contributed by atoms with E-state index in [2.05, 4.69) is 32.8 Å². The number of aliphatic imine (C=N–C) groups is 1. The molecule has 1 saturated heterocycles. The lowest BCUT2D eigenvalue weighted by Crippen LogP contribution is -2.40. The van der Waals surface area contributed by atoms with Crippen LogP contribution in [0.25, 0.3) is 0 Å². The number of nitrogens with one attached hydrogen (secondary N) is 2. The topological polar surface area (TPSA) is 89.9 Å². The number of rotatable bonds is 8. The fraction of sp³-hybridized carbons (Fsp3) is 0.565. The lowest BCUT2D eigenvalue weighted by Gasteiger charge is -2.18. The Morgan fingerprint density at radius 2 is 1.90 bits per heavy atom. The van der Waals surface area contributed by atoms with Crippen LogP contribution in [0.5, 0.6) is 0 Å². The van der Waals surface area contributed by atoms with E-state index in [-0.39, 0.29) is 35.5 Å². The first-order chi connectivity index (χ1) is 15.0. The van der Waals surface area contributed by atoms with E-state index in [4.69, 9.17) is 0 Å². The number of carbonyl (C=O) groups excluding carboxylic acids is 2. The molecule has 2 bridgehead atoms. The Hall–Kier alpha value is -2.90. The van der Waals surface area contributed by atoms with Gasteiger partial charge in [-0.3, -0.25) is 14.5 Å². The van der Waals surface area contributed by atoms with Gasteiger partial charge in [-0.05, 0) is 37.7 Å². The van der Waals surface area contributed by atoms with Gasteiger partial charge in [0.15, 0.2) is 5.96 Å². The molecular weight excluding hydrogens is 392 g/mol. The van der Waals surface area contributed by atoms with Crippen molar-refractivity contribution in [2.45, 2.75) is 26.3 Å². The first kappa shape index (κ1) is 21.3. The highest BCUT2D eigenvalue weighted by Crippen LogP contribution is 2.52. The lowest BCUT2D eigenvalue weighted by molar-refractivity contribution is -0.140. The second kappa shape index (κ2) is 9.08. The van der Waals surface area contributed by atoms with Gasteiger partial charge in [0, 0.05) is 45.5 Å². The Balaban J connectivity index is 1.29. The number of hydrogen-bond acceptors (Lipinski definition) is 5. The number of hydrogen-bond donors (Lipinski definition) is 2. The number of aromatic nitrogens is 1. The predicted octanol–water partition coefficient (Wildman–Crippen LogP) is 1.40. The number of anilines is 1. The number of allylic oxidation sites excluding steroid dienone is 2. The van der Waals surface area contributed by atoms with Gasteiger partial charge >= 0.3 is 0 Å². The molecule has 0 spiro atoms. The number of guanidine groups is 1. The zero-order chi connectivity index (χ0) is 22.0. The van der Waals surface area contributed by atoms with Crippen LogP contribution in [0.15, 0.2) is 35.5 Å². The van der Waals surface area contributed by atoms with E-state index in [9.17, 15) is 9.59 Å². The summed E-state index contributed by atoms with van der Waals surface area (Å²) in [5, 5.41) is 6.57. The van der Waals surface area contributed by atoms with Crippen LogP contribution in [-0.4, -0.2) is 61.4 Å². The van der Waals surface area contributed by atoms with Gasteiger partial charge in [-0.15, -0.1) is 0 Å². The standard InChI is InChI=1S/C23H32N6O2/c1-4-24-23(27-14-17-7-5-10-25-20(17)28(2)3)26-11-6-12-29-21(30)18-15-8-9-16(13-15)19(18)22(29)31/h5,7-10,15-16,18-19H,4,6,11-14H2,1-3H3,(H2,24,26,27). The van der Waals surface area contributed by atoms with E-state index >= 15 is 0 Å². The maximum atomic E-state index is 12.8. The molecule has 4 unspecified atom stereocenters. The van der Waals surface area contributed by atoms with Crippen molar-refractivity contribution in [1.82, 2.24) is 20.5 Å². The Kier molecular flexibility index (Phi) is 6.25. The normalized spacial score (nSPS) is 26.5. The first-order valence-corrected chi connectivity index (χ1v) is 11.2. The zero-order valence-corrected chi connectivity index (χ0v) is 18.5. The maximum Gasteiger partial charge on any atom is 0.233 e. The van der Waals surface area contributed by atoms with Crippen molar-refractivity contribution in [2.75, 3.05) is 38.6 Å². The van der Waals surface area contributed by atoms with Crippen LogP contribution in [0.4, 0.5) is 5.82 Å². The van der Waals surface area contributed by atoms with Crippen LogP contribution in [0, 0.1) is 23.7 Å². The van der Waals surface area contributed by atoms with Gasteiger partial charge in [0.05, 0.1) is 18.4 Å². The Bertz CT molecular complexity index is 866. The summed E-state index contributed by atoms with van der Waals surface area (Å²) in [6.07, 6.45) is 7.70. The predicted molar refractivity (Wildman–Crippen MR) is 120 cm³/mol. The minimum atomic E-state index is -0.111. The summed E-state index contributed by atoms with van der Waals surface area (Å²) in [7, 11) is 3.94. The first-order valence-electron chi connectivity index (χ1n) is 11.2. The smallest absolute Gasteiger partial charge is 0.233 e. The van der Waals surface area contributed by atoms with Crippen molar-refractivity contribution in [3.8, 4) is 0 Å². The highest BCUT2D eigenvalue weighted by Gasteiger charge is 2.58. The van der Waals surface area contributed by atoms with E-state index in [1.54, 1.807) is 6.20 Å². The second-order valence-corrected chi connectivity index (χ2v) is 8.68. The molecule has 8 heteroatoms. The summed E-state index contributed by atoms with van der Waals surface area (Å²) >= 11 is 0. The summed E-state index contributed by atoms with van der Waals surface area (Å²) in [5.41, 5.74) is 1.05. The van der Waals surface area contributed by atoms with E-state index in [1.165, 1.54) is 4.90 Å². The fourth-order valence-corrected chi connectivity index (χ4v) is 5.09. The van der Waals surface area contributed by atoms with Gasteiger partial charge in [0.25, 0.3) is 0 Å². The molecule has 4 rings (SSSR count). The molecule has 1 aliphatic heterocycles. The third-order valence-corrected chi connectivity index (χ3v) is 6.46. The highest BCUT2D eigenvalue weighted by atomic mass is 16.2. The number of nitrogens with zero attached hydrogens (tertiary/aromatic N) is 4. The molecule has 1 aromatic heterocycles. The molecule has 4 atom stereocenters. The van der Waals surface area contributed by atoms with Gasteiger partial charge in [-0.25, -0.2) is 9.98 Å². The van der Waals surface area contributed by atoms with Gasteiger partial charge < -0.3 is 15.5 Å². The van der Waals surface area contributed by atoms with Crippen molar-refractivity contribution in [3.05, 3.63) is 36.0 Å². The van der Waals surface area contributed by atoms with Crippen LogP contribution < -0.4 is 15.5 Å². The lowest BCUT2D eigenvalue weighted by atomic mass is 9.85. The van der Waals surface area contributed by atoms with Crippen LogP contribution in [0.3, 0.4) is 0 Å². The van der Waals surface area contributed by atoms with Crippen LogP contribution >= 0.6 is 0 Å². The SMILES string of the molecule is CCNC(=NCc1cccnc1N(C)C)NCCCN1C(=O)C2C3C=CC(C3)C2C1=O. The average Bonchev–Trinajstić information content (AvgIpc) is 3.44. The molecular formula is C23H32N6O2. The van der Waals surface area contributed by atoms with Crippen molar-refractivity contribution >= 4 is 23.6 Å². The third-order valence-electron chi connectivity index (χ3n) is 6.46. The number of amides is 2. The summed E-state index contributed by atoms with van der Waals surface area (Å²) in [6, 6.07) is 3.94. The quantitative estimate of drug-likeness (QED) is 0.216. The maximum absolute atomic E-state index is 12.8. The molecule has 8 nitrogen and oxygen atoms in total. The second-order valence-electron chi connectivity index (χ2n) is 8.68. The number of pyridine rings is 1. The molecule has 2 aliphatic carbocycles. The van der Waals surface area contributed by atoms with E-state index in [0.29, 0.717) is 32.0 Å². The van der Waals surface area contributed by atoms with E-state index in [0.717, 1.165) is 24.3 Å². The highest BCUT2D eigenvalue weighted by molar-refractivity contribution is 6.06. The Morgan fingerprint density at radius 1 is 1.19 bits per heavy atom. The van der Waals surface area contributed by atoms with Crippen LogP contribution in [0.2, 0.25) is 0 Å². The molecule has 2 amide bonds. The van der Waals surface area contributed by atoms with Crippen LogP contribution in [0.1, 0.15) is 25.3 Å². The summed E-state index contributed by atoms with van der Waals surface area (Å²) < 4.78 is 0. The van der Waals surface area contributed by atoms with Gasteiger partial charge in [0.1, 0.15) is 5.82 Å². The fourth-order valence-electron chi connectivity index (χ4n) is 5.09. The van der Waals surface area contributed by atoms with Gasteiger partial charge in [-0.1, -0.05) is 18.2 Å². The van der Waals surface area contributed by atoms with E-state index < -0.39 is 0 Å². The number of carbonyl (C=O) groups is 2. The zero-order valence-electron chi connectivity index (χ0n) is 18.5. The van der Waals surface area contributed by atoms with Crippen molar-refractivity contribution in [1.29, 1.82) is 0 Å². The molecule has 2 N–H and O–H groups in total. The number of fused-ring (bicyclic) bond motifs is 5. The minimum Gasteiger partial charge on any atom is -0.362 e. The Labute approximate surface area is 183 Å². The largest absolute Gasteiger partial charge is 0.362 e. The molecule has 0 aromatic carbocycles. The monoisotopic (exact) mass is 424 g/mol. The average molecular weight is 425 g/mol. The molecule has 1 saturated carbocycles. The molecule has 166 valence electrons. The molecule has 2 fully saturated rings. The summed E-state index contributed by atoms with van der Waals surface area (Å²) in [4.78, 5) is 38.1. The van der Waals surface area contributed by atoms with Crippen LogP contribution in [-0.2, 0) is 16.1 Å². The number of likely N-dealkylation sites (tertiary alicyclic amines) is 1. The van der Waals surface area contributed by atoms with Gasteiger partial charge in [0.2, 0.25) is 11.8 Å². The van der Waals surface area contributed by atoms with Crippen molar-refractivity contribution < 1.29 is 9.59 Å². The Morgan fingerprint density at radius 3 is 2.55 bits per heavy atom. The molecule has 31 heavy (non-hydrogen) atoms. The van der Waals surface area contributed by atoms with Gasteiger partial charge in [-0.2, -0.15) is 0 Å². The third kappa shape index (κ3) is 4.16. The summed E-state index contributed by atoms with van der Waals surface area (Å²) in [5.74, 6) is 1.99. The van der Waals surface area contributed by atoms with E-state index in [1.807, 2.05) is 38.1 Å². The molecule has 1 aromatic rings.